The molecule has 0 bridgehead atoms. The van der Waals surface area contributed by atoms with Gasteiger partial charge in [0.05, 0.1) is 6.04 Å². The molecule has 0 saturated heterocycles. The topological polar surface area (TPSA) is 64.8 Å². The van der Waals surface area contributed by atoms with Gasteiger partial charge in [0.2, 0.25) is 12.3 Å². The first-order valence-corrected chi connectivity index (χ1v) is 8.05. The molecular formula is C15H26N2O3S. The Balaban J connectivity index is 2.84. The van der Waals surface area contributed by atoms with Crippen molar-refractivity contribution in [1.29, 1.82) is 0 Å². The van der Waals surface area contributed by atoms with Gasteiger partial charge in [0.15, 0.2) is 0 Å². The Hall–Kier alpha value is -0.950. The minimum atomic E-state index is -0.570. The molecule has 1 atom stereocenters. The zero-order valence-electron chi connectivity index (χ0n) is 13.2. The van der Waals surface area contributed by atoms with Crippen LogP contribution in [0.2, 0.25) is 0 Å². The first-order chi connectivity index (χ1) is 9.99. The van der Waals surface area contributed by atoms with Crippen LogP contribution in [0.25, 0.3) is 0 Å². The van der Waals surface area contributed by atoms with E-state index >= 15 is 0 Å². The van der Waals surface area contributed by atoms with Crippen LogP contribution in [0, 0.1) is 5.92 Å². The largest absolute Gasteiger partial charge is 0.368 e. The number of hydrogen-bond acceptors (Lipinski definition) is 5. The van der Waals surface area contributed by atoms with Crippen LogP contribution in [0.4, 0.5) is 0 Å². The summed E-state index contributed by atoms with van der Waals surface area (Å²) in [6.07, 6.45) is 0.941. The van der Waals surface area contributed by atoms with Crippen molar-refractivity contribution < 1.29 is 14.3 Å². The fourth-order valence-corrected chi connectivity index (χ4v) is 3.03. The predicted octanol–water partition coefficient (Wildman–Crippen LogP) is 2.07. The number of methoxy groups -OCH3 is 2. The molecule has 2 N–H and O–H groups in total. The fraction of sp³-hybridized carbons (Fsp3) is 0.667. The Bertz CT molecular complexity index is 405. The molecule has 0 spiro atoms. The quantitative estimate of drug-likeness (QED) is 0.672. The number of amides is 1. The van der Waals surface area contributed by atoms with E-state index in [0.29, 0.717) is 18.9 Å². The summed E-state index contributed by atoms with van der Waals surface area (Å²) >= 11 is 1.66. The molecule has 0 aliphatic carbocycles. The Kier molecular flexibility index (Phi) is 7.88. The van der Waals surface area contributed by atoms with Crippen LogP contribution in [0.5, 0.6) is 0 Å². The third kappa shape index (κ3) is 5.74. The van der Waals surface area contributed by atoms with Crippen molar-refractivity contribution in [2.24, 2.45) is 11.7 Å². The molecular weight excluding hydrogens is 288 g/mol. The average molecular weight is 314 g/mol. The van der Waals surface area contributed by atoms with Crippen LogP contribution in [0.3, 0.4) is 0 Å². The van der Waals surface area contributed by atoms with Gasteiger partial charge in [-0.1, -0.05) is 13.8 Å². The van der Waals surface area contributed by atoms with E-state index in [0.717, 1.165) is 6.42 Å². The van der Waals surface area contributed by atoms with E-state index in [1.54, 1.807) is 25.6 Å². The molecule has 6 heteroatoms. The van der Waals surface area contributed by atoms with Crippen molar-refractivity contribution >= 4 is 17.2 Å². The van der Waals surface area contributed by atoms with E-state index in [-0.39, 0.29) is 5.91 Å². The highest BCUT2D eigenvalue weighted by Gasteiger charge is 2.30. The summed E-state index contributed by atoms with van der Waals surface area (Å²) in [7, 11) is 3.14. The lowest BCUT2D eigenvalue weighted by Crippen LogP contribution is -2.52. The van der Waals surface area contributed by atoms with Gasteiger partial charge < -0.3 is 15.2 Å². The smallest absolute Gasteiger partial charge is 0.234 e. The molecule has 1 heterocycles. The van der Waals surface area contributed by atoms with Crippen LogP contribution in [0.15, 0.2) is 16.8 Å². The van der Waals surface area contributed by atoms with E-state index in [9.17, 15) is 4.79 Å². The SMILES string of the molecule is COC(OC)N(CCc1ccsc1)C(CC(C)C)C(N)=O. The summed E-state index contributed by atoms with van der Waals surface area (Å²) in [5.41, 5.74) is 6.83. The average Bonchev–Trinajstić information content (AvgIpc) is 2.94. The number of hydrogen-bond donors (Lipinski definition) is 1. The molecule has 0 radical (unpaired) electrons. The van der Waals surface area contributed by atoms with Crippen molar-refractivity contribution in [3.8, 4) is 0 Å². The molecule has 0 fully saturated rings. The minimum absolute atomic E-state index is 0.340. The lowest BCUT2D eigenvalue weighted by Gasteiger charge is -2.35. The van der Waals surface area contributed by atoms with Gasteiger partial charge in [-0.25, -0.2) is 4.90 Å². The number of nitrogens with two attached hydrogens (primary N) is 1. The third-order valence-corrected chi connectivity index (χ3v) is 4.07. The highest BCUT2D eigenvalue weighted by Crippen LogP contribution is 2.17. The Morgan fingerprint density at radius 1 is 1.38 bits per heavy atom. The molecule has 120 valence electrons. The summed E-state index contributed by atoms with van der Waals surface area (Å²) < 4.78 is 10.7. The van der Waals surface area contributed by atoms with Gasteiger partial charge in [0.1, 0.15) is 0 Å². The lowest BCUT2D eigenvalue weighted by molar-refractivity contribution is -0.209. The molecule has 1 aromatic heterocycles. The normalized spacial score (nSPS) is 13.3. The molecule has 0 aliphatic rings. The van der Waals surface area contributed by atoms with E-state index < -0.39 is 12.5 Å². The standard InChI is InChI=1S/C15H26N2O3S/c1-11(2)9-13(14(16)18)17(15(19-3)20-4)7-5-12-6-8-21-10-12/h6,8,10-11,13,15H,5,7,9H2,1-4H3,(H2,16,18). The van der Waals surface area contributed by atoms with Crippen molar-refractivity contribution in [2.45, 2.75) is 39.1 Å². The second-order valence-corrected chi connectivity index (χ2v) is 6.23. The number of ether oxygens (including phenoxy) is 2. The van der Waals surface area contributed by atoms with Crippen LogP contribution in [-0.4, -0.2) is 44.0 Å². The minimum Gasteiger partial charge on any atom is -0.368 e. The molecule has 21 heavy (non-hydrogen) atoms. The summed E-state index contributed by atoms with van der Waals surface area (Å²) in [4.78, 5) is 13.7. The van der Waals surface area contributed by atoms with Gasteiger partial charge in [-0.05, 0) is 41.1 Å². The first kappa shape index (κ1) is 18.1. The zero-order valence-corrected chi connectivity index (χ0v) is 14.1. The Morgan fingerprint density at radius 3 is 2.48 bits per heavy atom. The van der Waals surface area contributed by atoms with Crippen molar-refractivity contribution in [1.82, 2.24) is 4.90 Å². The van der Waals surface area contributed by atoms with E-state index in [4.69, 9.17) is 15.2 Å². The number of rotatable bonds is 10. The van der Waals surface area contributed by atoms with Crippen LogP contribution >= 0.6 is 11.3 Å². The highest BCUT2D eigenvalue weighted by atomic mass is 32.1. The maximum atomic E-state index is 11.8. The van der Waals surface area contributed by atoms with Gasteiger partial charge in [-0.3, -0.25) is 4.79 Å². The van der Waals surface area contributed by atoms with E-state index in [1.807, 2.05) is 10.3 Å². The van der Waals surface area contributed by atoms with E-state index in [1.165, 1.54) is 5.56 Å². The molecule has 0 saturated carbocycles. The number of thiophene rings is 1. The second kappa shape index (κ2) is 9.15. The maximum Gasteiger partial charge on any atom is 0.234 e. The van der Waals surface area contributed by atoms with E-state index in [2.05, 4.69) is 25.3 Å². The molecule has 1 rings (SSSR count). The highest BCUT2D eigenvalue weighted by molar-refractivity contribution is 7.07. The molecule has 1 unspecified atom stereocenters. The Labute approximate surface area is 131 Å². The molecule has 1 aromatic rings. The van der Waals surface area contributed by atoms with Crippen molar-refractivity contribution in [2.75, 3.05) is 20.8 Å². The fourth-order valence-electron chi connectivity index (χ4n) is 2.33. The lowest BCUT2D eigenvalue weighted by atomic mass is 10.0. The molecule has 1 amide bonds. The van der Waals surface area contributed by atoms with Crippen molar-refractivity contribution in [3.63, 3.8) is 0 Å². The summed E-state index contributed by atoms with van der Waals surface area (Å²) in [5.74, 6) is 0.0219. The van der Waals surface area contributed by atoms with Crippen molar-refractivity contribution in [3.05, 3.63) is 22.4 Å². The van der Waals surface area contributed by atoms with Crippen LogP contribution in [0.1, 0.15) is 25.8 Å². The monoisotopic (exact) mass is 314 g/mol. The second-order valence-electron chi connectivity index (χ2n) is 5.45. The predicted molar refractivity (Wildman–Crippen MR) is 85.0 cm³/mol. The van der Waals surface area contributed by atoms with Crippen LogP contribution < -0.4 is 5.73 Å². The Morgan fingerprint density at radius 2 is 2.05 bits per heavy atom. The number of carbonyl (C=O) groups is 1. The van der Waals surface area contributed by atoms with Gasteiger partial charge >= 0.3 is 0 Å². The number of nitrogens with zero attached hydrogens (tertiary/aromatic N) is 1. The molecule has 0 aliphatic heterocycles. The van der Waals surface area contributed by atoms with Gasteiger partial charge in [0, 0.05) is 20.8 Å². The summed E-state index contributed by atoms with van der Waals surface area (Å²) in [6, 6.07) is 1.69. The van der Waals surface area contributed by atoms with Gasteiger partial charge in [-0.2, -0.15) is 11.3 Å². The third-order valence-electron chi connectivity index (χ3n) is 3.34. The molecule has 0 aromatic carbocycles. The summed E-state index contributed by atoms with van der Waals surface area (Å²) in [5, 5.41) is 4.15. The van der Waals surface area contributed by atoms with Gasteiger partial charge in [0.25, 0.3) is 0 Å². The molecule has 5 nitrogen and oxygen atoms in total. The zero-order chi connectivity index (χ0) is 15.8. The van der Waals surface area contributed by atoms with Gasteiger partial charge in [-0.15, -0.1) is 0 Å². The maximum absolute atomic E-state index is 11.8. The first-order valence-electron chi connectivity index (χ1n) is 7.11. The number of carbonyl (C=O) groups excluding carboxylic acids is 1. The summed E-state index contributed by atoms with van der Waals surface area (Å²) in [6.45, 7) is 4.80. The van der Waals surface area contributed by atoms with Crippen LogP contribution in [-0.2, 0) is 20.7 Å². The number of primary amides is 1.